The second-order valence-electron chi connectivity index (χ2n) is 7.28. The van der Waals surface area contributed by atoms with E-state index in [2.05, 4.69) is 27.5 Å². The molecule has 0 aliphatic carbocycles. The summed E-state index contributed by atoms with van der Waals surface area (Å²) in [4.78, 5) is 11.6. The van der Waals surface area contributed by atoms with Crippen LogP contribution in [0.4, 0.5) is 4.39 Å². The summed E-state index contributed by atoms with van der Waals surface area (Å²) in [5.41, 5.74) is 2.06. The summed E-state index contributed by atoms with van der Waals surface area (Å²) in [5.74, 6) is 0.655. The molecule has 2 aromatic rings. The van der Waals surface area contributed by atoms with Gasteiger partial charge in [0, 0.05) is 37.6 Å². The van der Waals surface area contributed by atoms with Crippen LogP contribution in [0, 0.1) is 12.7 Å². The number of nitrogens with zero attached hydrogens (tertiary/aromatic N) is 3. The molecular formula is C21H29FN4OS. The molecule has 1 aliphatic heterocycles. The number of thiazole rings is 1. The maximum Gasteiger partial charge on any atom is 0.194 e. The Hall–Kier alpha value is -1.99. The molecule has 1 fully saturated rings. The third kappa shape index (κ3) is 5.08. The molecule has 0 spiro atoms. The molecule has 1 saturated heterocycles. The summed E-state index contributed by atoms with van der Waals surface area (Å²) in [6, 6.07) is 6.87. The average Bonchev–Trinajstić information content (AvgIpc) is 3.11. The van der Waals surface area contributed by atoms with E-state index in [1.54, 1.807) is 11.3 Å². The standard InChI is InChI=1S/C21H29FN4OS/c1-4-23-20(26(3)13-19-14-28-16(2)25-19)24-15-21(9-11-27-12-10-21)17-5-7-18(22)8-6-17/h5-8,14H,4,9-13,15H2,1-3H3,(H,23,24). The van der Waals surface area contributed by atoms with E-state index < -0.39 is 0 Å². The molecule has 0 amide bonds. The zero-order valence-electron chi connectivity index (χ0n) is 16.9. The van der Waals surface area contributed by atoms with E-state index in [1.807, 2.05) is 26.1 Å². The lowest BCUT2D eigenvalue weighted by atomic mass is 9.74. The van der Waals surface area contributed by atoms with Crippen LogP contribution < -0.4 is 5.32 Å². The van der Waals surface area contributed by atoms with Crippen LogP contribution in [0.15, 0.2) is 34.6 Å². The van der Waals surface area contributed by atoms with Gasteiger partial charge in [-0.3, -0.25) is 4.99 Å². The second-order valence-corrected chi connectivity index (χ2v) is 8.35. The fourth-order valence-electron chi connectivity index (χ4n) is 3.60. The van der Waals surface area contributed by atoms with Gasteiger partial charge in [0.05, 0.1) is 23.8 Å². The molecule has 2 heterocycles. The molecule has 0 radical (unpaired) electrons. The number of aliphatic imine (C=N–C) groups is 1. The van der Waals surface area contributed by atoms with Crippen molar-refractivity contribution >= 4 is 17.3 Å². The van der Waals surface area contributed by atoms with Gasteiger partial charge in [-0.25, -0.2) is 9.37 Å². The van der Waals surface area contributed by atoms with Gasteiger partial charge in [0.25, 0.3) is 0 Å². The van der Waals surface area contributed by atoms with Gasteiger partial charge in [0.2, 0.25) is 0 Å². The Balaban J connectivity index is 1.80. The van der Waals surface area contributed by atoms with E-state index in [0.717, 1.165) is 41.6 Å². The van der Waals surface area contributed by atoms with Crippen LogP contribution in [0.3, 0.4) is 0 Å². The average molecular weight is 405 g/mol. The number of guanidine groups is 1. The minimum atomic E-state index is -0.207. The normalized spacial score (nSPS) is 16.8. The molecule has 1 N–H and O–H groups in total. The number of aryl methyl sites for hydroxylation is 1. The molecule has 0 atom stereocenters. The maximum absolute atomic E-state index is 13.4. The lowest BCUT2D eigenvalue weighted by molar-refractivity contribution is 0.0530. The van der Waals surface area contributed by atoms with Gasteiger partial charge in [-0.15, -0.1) is 11.3 Å². The van der Waals surface area contributed by atoms with E-state index in [0.29, 0.717) is 26.3 Å². The highest BCUT2D eigenvalue weighted by atomic mass is 32.1. The summed E-state index contributed by atoms with van der Waals surface area (Å²) < 4.78 is 19.0. The number of benzene rings is 1. The third-order valence-electron chi connectivity index (χ3n) is 5.20. The van der Waals surface area contributed by atoms with Gasteiger partial charge in [0.15, 0.2) is 5.96 Å². The summed E-state index contributed by atoms with van der Waals surface area (Å²) in [7, 11) is 2.03. The van der Waals surface area contributed by atoms with E-state index in [4.69, 9.17) is 9.73 Å². The molecule has 7 heteroatoms. The third-order valence-corrected chi connectivity index (χ3v) is 6.02. The summed E-state index contributed by atoms with van der Waals surface area (Å²) in [6.45, 7) is 7.65. The van der Waals surface area contributed by atoms with Gasteiger partial charge in [0.1, 0.15) is 5.82 Å². The number of aromatic nitrogens is 1. The fraction of sp³-hybridized carbons (Fsp3) is 0.524. The van der Waals surface area contributed by atoms with Crippen molar-refractivity contribution in [3.05, 3.63) is 51.7 Å². The first-order valence-electron chi connectivity index (χ1n) is 9.77. The molecule has 0 bridgehead atoms. The highest BCUT2D eigenvalue weighted by molar-refractivity contribution is 7.09. The van der Waals surface area contributed by atoms with Crippen LogP contribution in [0.2, 0.25) is 0 Å². The number of hydrogen-bond donors (Lipinski definition) is 1. The molecule has 0 saturated carbocycles. The van der Waals surface area contributed by atoms with Crippen molar-refractivity contribution < 1.29 is 9.13 Å². The Morgan fingerprint density at radius 3 is 2.64 bits per heavy atom. The van der Waals surface area contributed by atoms with Crippen LogP contribution in [0.1, 0.15) is 36.0 Å². The van der Waals surface area contributed by atoms with Crippen LogP contribution in [0.5, 0.6) is 0 Å². The zero-order chi connectivity index (χ0) is 20.0. The molecule has 152 valence electrons. The van der Waals surface area contributed by atoms with Crippen molar-refractivity contribution in [1.82, 2.24) is 15.2 Å². The number of rotatable bonds is 6. The van der Waals surface area contributed by atoms with Crippen LogP contribution >= 0.6 is 11.3 Å². The molecule has 1 aliphatic rings. The maximum atomic E-state index is 13.4. The smallest absolute Gasteiger partial charge is 0.194 e. The Bertz CT molecular complexity index is 784. The van der Waals surface area contributed by atoms with Gasteiger partial charge >= 0.3 is 0 Å². The predicted molar refractivity (Wildman–Crippen MR) is 112 cm³/mol. The van der Waals surface area contributed by atoms with E-state index in [-0.39, 0.29) is 11.2 Å². The molecule has 3 rings (SSSR count). The number of hydrogen-bond acceptors (Lipinski definition) is 4. The molecular weight excluding hydrogens is 375 g/mol. The zero-order valence-corrected chi connectivity index (χ0v) is 17.7. The van der Waals surface area contributed by atoms with E-state index in [1.165, 1.54) is 12.1 Å². The SMILES string of the molecule is CCNC(=NCC1(c2ccc(F)cc2)CCOCC1)N(C)Cc1csc(C)n1. The number of nitrogens with one attached hydrogen (secondary N) is 1. The quantitative estimate of drug-likeness (QED) is 0.589. The molecule has 1 aromatic heterocycles. The summed E-state index contributed by atoms with van der Waals surface area (Å²) in [5, 5.41) is 6.55. The van der Waals surface area contributed by atoms with Gasteiger partial charge in [-0.1, -0.05) is 12.1 Å². The summed E-state index contributed by atoms with van der Waals surface area (Å²) >= 11 is 1.66. The fourth-order valence-corrected chi connectivity index (χ4v) is 4.20. The Morgan fingerprint density at radius 1 is 1.32 bits per heavy atom. The second kappa shape index (κ2) is 9.47. The largest absolute Gasteiger partial charge is 0.381 e. The monoisotopic (exact) mass is 404 g/mol. The van der Waals surface area contributed by atoms with Crippen LogP contribution in [-0.4, -0.2) is 49.2 Å². The topological polar surface area (TPSA) is 49.8 Å². The minimum absolute atomic E-state index is 0.120. The minimum Gasteiger partial charge on any atom is -0.381 e. The Morgan fingerprint density at radius 2 is 2.04 bits per heavy atom. The van der Waals surface area contributed by atoms with Gasteiger partial charge < -0.3 is 15.0 Å². The Labute approximate surface area is 170 Å². The lowest BCUT2D eigenvalue weighted by Gasteiger charge is -2.37. The lowest BCUT2D eigenvalue weighted by Crippen LogP contribution is -2.41. The van der Waals surface area contributed by atoms with Crippen molar-refractivity contribution in [2.45, 2.75) is 38.6 Å². The highest BCUT2D eigenvalue weighted by Gasteiger charge is 2.34. The first-order valence-corrected chi connectivity index (χ1v) is 10.6. The predicted octanol–water partition coefficient (Wildman–Crippen LogP) is 3.74. The highest BCUT2D eigenvalue weighted by Crippen LogP contribution is 2.35. The van der Waals surface area contributed by atoms with Gasteiger partial charge in [-0.05, 0) is 44.4 Å². The van der Waals surface area contributed by atoms with Crippen LogP contribution in [-0.2, 0) is 16.7 Å². The van der Waals surface area contributed by atoms with Gasteiger partial charge in [-0.2, -0.15) is 0 Å². The molecule has 28 heavy (non-hydrogen) atoms. The van der Waals surface area contributed by atoms with Crippen molar-refractivity contribution in [1.29, 1.82) is 0 Å². The number of ether oxygens (including phenoxy) is 1. The molecule has 0 unspecified atom stereocenters. The van der Waals surface area contributed by atoms with Crippen molar-refractivity contribution in [3.8, 4) is 0 Å². The van der Waals surface area contributed by atoms with E-state index in [9.17, 15) is 4.39 Å². The number of halogens is 1. The van der Waals surface area contributed by atoms with Crippen molar-refractivity contribution in [2.75, 3.05) is 33.4 Å². The van der Waals surface area contributed by atoms with Crippen LogP contribution in [0.25, 0.3) is 0 Å². The summed E-state index contributed by atoms with van der Waals surface area (Å²) in [6.07, 6.45) is 1.77. The van der Waals surface area contributed by atoms with Crippen molar-refractivity contribution in [3.63, 3.8) is 0 Å². The first kappa shape index (κ1) is 20.7. The first-order chi connectivity index (χ1) is 13.5. The van der Waals surface area contributed by atoms with Crippen molar-refractivity contribution in [2.24, 2.45) is 4.99 Å². The Kier molecular flexibility index (Phi) is 7.02. The molecule has 5 nitrogen and oxygen atoms in total. The van der Waals surface area contributed by atoms with E-state index >= 15 is 0 Å². The molecule has 1 aromatic carbocycles.